The summed E-state index contributed by atoms with van der Waals surface area (Å²) in [4.78, 5) is 25.3. The van der Waals surface area contributed by atoms with Crippen LogP contribution in [0, 0.1) is 0 Å². The van der Waals surface area contributed by atoms with Gasteiger partial charge in [0.2, 0.25) is 5.91 Å². The van der Waals surface area contributed by atoms with E-state index in [-0.39, 0.29) is 5.91 Å². The van der Waals surface area contributed by atoms with E-state index in [0.29, 0.717) is 13.1 Å². The van der Waals surface area contributed by atoms with Crippen LogP contribution in [0.5, 0.6) is 0 Å². The lowest BCUT2D eigenvalue weighted by molar-refractivity contribution is -0.130. The third-order valence-electron chi connectivity index (χ3n) is 4.74. The van der Waals surface area contributed by atoms with E-state index in [1.165, 1.54) is 11.1 Å². The van der Waals surface area contributed by atoms with Crippen molar-refractivity contribution in [3.05, 3.63) is 66.0 Å². The third kappa shape index (κ3) is 3.05. The molecule has 0 saturated heterocycles. The van der Waals surface area contributed by atoms with Crippen LogP contribution in [-0.4, -0.2) is 40.9 Å². The van der Waals surface area contributed by atoms with Crippen LogP contribution in [0.2, 0.25) is 0 Å². The number of aromatic nitrogens is 2. The van der Waals surface area contributed by atoms with Crippen LogP contribution in [0.1, 0.15) is 11.1 Å². The summed E-state index contributed by atoms with van der Waals surface area (Å²) in [7, 11) is 1.91. The fourth-order valence-electron chi connectivity index (χ4n) is 3.38. The zero-order chi connectivity index (χ0) is 17.2. The summed E-state index contributed by atoms with van der Waals surface area (Å²) in [6.07, 6.45) is 2.47. The smallest absolute Gasteiger partial charge is 0.242 e. The molecule has 0 spiro atoms. The Morgan fingerprint density at radius 3 is 2.72 bits per heavy atom. The summed E-state index contributed by atoms with van der Waals surface area (Å²) in [5.74, 6) is 0.913. The van der Waals surface area contributed by atoms with Gasteiger partial charge in [0.25, 0.3) is 0 Å². The summed E-state index contributed by atoms with van der Waals surface area (Å²) in [6, 6.07) is 16.2. The van der Waals surface area contributed by atoms with Gasteiger partial charge >= 0.3 is 0 Å². The van der Waals surface area contributed by atoms with E-state index in [9.17, 15) is 4.79 Å². The van der Waals surface area contributed by atoms with Crippen LogP contribution in [0.15, 0.2) is 54.9 Å². The maximum absolute atomic E-state index is 12.8. The Labute approximate surface area is 146 Å². The highest BCUT2D eigenvalue weighted by molar-refractivity contribution is 5.91. The van der Waals surface area contributed by atoms with Crippen molar-refractivity contribution in [3.8, 4) is 0 Å². The number of hydrogen-bond donors (Lipinski definition) is 0. The van der Waals surface area contributed by atoms with Gasteiger partial charge < -0.3 is 9.80 Å². The Bertz CT molecular complexity index is 919. The summed E-state index contributed by atoms with van der Waals surface area (Å²) < 4.78 is 0. The average Bonchev–Trinajstić information content (AvgIpc) is 2.67. The van der Waals surface area contributed by atoms with Gasteiger partial charge in [0, 0.05) is 25.5 Å². The normalized spacial score (nSPS) is 13.6. The second-order valence-electron chi connectivity index (χ2n) is 6.40. The maximum Gasteiger partial charge on any atom is 0.242 e. The van der Waals surface area contributed by atoms with Gasteiger partial charge in [-0.25, -0.2) is 9.97 Å². The molecule has 0 unspecified atom stereocenters. The second-order valence-corrected chi connectivity index (χ2v) is 6.40. The van der Waals surface area contributed by atoms with Gasteiger partial charge in [-0.2, -0.15) is 0 Å². The van der Waals surface area contributed by atoms with Gasteiger partial charge in [-0.05, 0) is 29.7 Å². The monoisotopic (exact) mass is 332 g/mol. The van der Waals surface area contributed by atoms with Crippen molar-refractivity contribution in [1.82, 2.24) is 14.9 Å². The van der Waals surface area contributed by atoms with Crippen molar-refractivity contribution >= 4 is 22.6 Å². The van der Waals surface area contributed by atoms with E-state index in [1.54, 1.807) is 6.33 Å². The van der Waals surface area contributed by atoms with Crippen LogP contribution < -0.4 is 4.90 Å². The van der Waals surface area contributed by atoms with Crippen LogP contribution in [-0.2, 0) is 17.8 Å². The summed E-state index contributed by atoms with van der Waals surface area (Å²) in [6.45, 7) is 1.77. The molecular formula is C20H20N4O. The number of anilines is 1. The number of fused-ring (bicyclic) bond motifs is 2. The molecule has 25 heavy (non-hydrogen) atoms. The SMILES string of the molecule is CN(CC(=O)N1CCc2ccccc2C1)c1ncnc2ccccc12. The largest absolute Gasteiger partial charge is 0.350 e. The highest BCUT2D eigenvalue weighted by Gasteiger charge is 2.22. The van der Waals surface area contributed by atoms with E-state index < -0.39 is 0 Å². The number of carbonyl (C=O) groups is 1. The number of nitrogens with zero attached hydrogens (tertiary/aromatic N) is 4. The third-order valence-corrected chi connectivity index (χ3v) is 4.74. The average molecular weight is 332 g/mol. The molecule has 0 atom stereocenters. The quantitative estimate of drug-likeness (QED) is 0.740. The van der Waals surface area contributed by atoms with E-state index in [2.05, 4.69) is 28.2 Å². The fraction of sp³-hybridized carbons (Fsp3) is 0.250. The molecule has 2 heterocycles. The minimum Gasteiger partial charge on any atom is -0.350 e. The van der Waals surface area contributed by atoms with Gasteiger partial charge in [0.1, 0.15) is 12.1 Å². The zero-order valence-corrected chi connectivity index (χ0v) is 14.2. The number of para-hydroxylation sites is 1. The number of benzene rings is 2. The summed E-state index contributed by atoms with van der Waals surface area (Å²) >= 11 is 0. The molecule has 1 aliphatic heterocycles. The Morgan fingerprint density at radius 1 is 1.08 bits per heavy atom. The highest BCUT2D eigenvalue weighted by Crippen LogP contribution is 2.22. The molecule has 1 aliphatic rings. The second kappa shape index (κ2) is 6.51. The standard InChI is InChI=1S/C20H20N4O/c1-23(20-17-8-4-5-9-18(17)21-14-22-20)13-19(25)24-11-10-15-6-2-3-7-16(15)12-24/h2-9,14H,10-13H2,1H3. The Balaban J connectivity index is 1.51. The number of hydrogen-bond acceptors (Lipinski definition) is 4. The number of carbonyl (C=O) groups excluding carboxylic acids is 1. The van der Waals surface area contributed by atoms with Crippen molar-refractivity contribution in [1.29, 1.82) is 0 Å². The van der Waals surface area contributed by atoms with Gasteiger partial charge in [-0.3, -0.25) is 4.79 Å². The minimum atomic E-state index is 0.125. The molecule has 0 N–H and O–H groups in total. The van der Waals surface area contributed by atoms with Gasteiger partial charge in [-0.15, -0.1) is 0 Å². The van der Waals surface area contributed by atoms with Crippen LogP contribution in [0.4, 0.5) is 5.82 Å². The van der Waals surface area contributed by atoms with Crippen molar-refractivity contribution in [2.75, 3.05) is 25.0 Å². The molecular weight excluding hydrogens is 312 g/mol. The van der Waals surface area contributed by atoms with Crippen molar-refractivity contribution in [3.63, 3.8) is 0 Å². The van der Waals surface area contributed by atoms with E-state index in [4.69, 9.17) is 0 Å². The first-order valence-corrected chi connectivity index (χ1v) is 8.48. The molecule has 0 bridgehead atoms. The predicted octanol–water partition coefficient (Wildman–Crippen LogP) is 2.65. The first-order chi connectivity index (χ1) is 12.2. The topological polar surface area (TPSA) is 49.3 Å². The first-order valence-electron chi connectivity index (χ1n) is 8.48. The van der Waals surface area contributed by atoms with Gasteiger partial charge in [0.05, 0.1) is 12.1 Å². The number of amides is 1. The Morgan fingerprint density at radius 2 is 1.84 bits per heavy atom. The van der Waals surface area contributed by atoms with Crippen molar-refractivity contribution < 1.29 is 4.79 Å². The fourth-order valence-corrected chi connectivity index (χ4v) is 3.38. The van der Waals surface area contributed by atoms with E-state index in [0.717, 1.165) is 29.7 Å². The molecule has 3 aromatic rings. The molecule has 0 aliphatic carbocycles. The predicted molar refractivity (Wildman–Crippen MR) is 98.4 cm³/mol. The maximum atomic E-state index is 12.8. The van der Waals surface area contributed by atoms with Crippen LogP contribution in [0.25, 0.3) is 10.9 Å². The lowest BCUT2D eigenvalue weighted by Gasteiger charge is -2.30. The Kier molecular flexibility index (Phi) is 4.06. The minimum absolute atomic E-state index is 0.125. The van der Waals surface area contributed by atoms with E-state index >= 15 is 0 Å². The Hall–Kier alpha value is -2.95. The highest BCUT2D eigenvalue weighted by atomic mass is 16.2. The molecule has 4 rings (SSSR count). The zero-order valence-electron chi connectivity index (χ0n) is 14.2. The molecule has 5 nitrogen and oxygen atoms in total. The molecule has 0 radical (unpaired) electrons. The van der Waals surface area contributed by atoms with Crippen LogP contribution >= 0.6 is 0 Å². The number of likely N-dealkylation sites (N-methyl/N-ethyl adjacent to an activating group) is 1. The summed E-state index contributed by atoms with van der Waals surface area (Å²) in [5, 5.41) is 0.962. The number of rotatable bonds is 3. The van der Waals surface area contributed by atoms with Gasteiger partial charge in [0.15, 0.2) is 0 Å². The van der Waals surface area contributed by atoms with Gasteiger partial charge in [-0.1, -0.05) is 36.4 Å². The lowest BCUT2D eigenvalue weighted by Crippen LogP contribution is -2.42. The van der Waals surface area contributed by atoms with E-state index in [1.807, 2.05) is 47.2 Å². The van der Waals surface area contributed by atoms with Crippen molar-refractivity contribution in [2.24, 2.45) is 0 Å². The molecule has 2 aromatic carbocycles. The molecule has 0 fully saturated rings. The summed E-state index contributed by atoms with van der Waals surface area (Å²) in [5.41, 5.74) is 3.48. The van der Waals surface area contributed by atoms with Crippen molar-refractivity contribution in [2.45, 2.75) is 13.0 Å². The van der Waals surface area contributed by atoms with Crippen LogP contribution in [0.3, 0.4) is 0 Å². The molecule has 0 saturated carbocycles. The molecule has 1 aromatic heterocycles. The first kappa shape index (κ1) is 15.6. The lowest BCUT2D eigenvalue weighted by atomic mass is 10.00. The molecule has 5 heteroatoms. The molecule has 126 valence electrons. The molecule has 1 amide bonds.